The van der Waals surface area contributed by atoms with Crippen LogP contribution in [0.25, 0.3) is 0 Å². The van der Waals surface area contributed by atoms with E-state index in [2.05, 4.69) is 13.8 Å². The molecule has 0 aliphatic heterocycles. The molecule has 196 valence electrons. The molecular weight excluding hydrogens is 404 g/mol. The Balaban J connectivity index is 3.29. The number of rotatable bonds is 28. The highest BCUT2D eigenvalue weighted by molar-refractivity contribution is 5.81. The first-order chi connectivity index (χ1) is 16.2. The van der Waals surface area contributed by atoms with Crippen LogP contribution >= 0.6 is 0 Å². The fourth-order valence-electron chi connectivity index (χ4n) is 4.71. The van der Waals surface area contributed by atoms with E-state index in [4.69, 9.17) is 0 Å². The molecule has 0 aromatic rings. The summed E-state index contributed by atoms with van der Waals surface area (Å²) in [6.45, 7) is 4.54. The maximum absolute atomic E-state index is 12.0. The molecule has 2 heteroatoms. The average Bonchev–Trinajstić information content (AvgIpc) is 2.81. The fourth-order valence-corrected chi connectivity index (χ4v) is 4.71. The van der Waals surface area contributed by atoms with Crippen molar-refractivity contribution in [1.82, 2.24) is 0 Å². The van der Waals surface area contributed by atoms with Crippen molar-refractivity contribution in [3.05, 3.63) is 0 Å². The molecule has 0 fully saturated rings. The van der Waals surface area contributed by atoms with E-state index in [0.717, 1.165) is 32.1 Å². The molecule has 0 N–H and O–H groups in total. The normalized spacial score (nSPS) is 11.2. The van der Waals surface area contributed by atoms with E-state index in [-0.39, 0.29) is 0 Å². The van der Waals surface area contributed by atoms with E-state index in [0.29, 0.717) is 24.4 Å². The van der Waals surface area contributed by atoms with Gasteiger partial charge in [0.2, 0.25) is 0 Å². The van der Waals surface area contributed by atoms with Crippen molar-refractivity contribution >= 4 is 11.6 Å². The summed E-state index contributed by atoms with van der Waals surface area (Å²) < 4.78 is 0. The molecule has 0 unspecified atom stereocenters. The third kappa shape index (κ3) is 27.5. The molecule has 0 spiro atoms. The quantitative estimate of drug-likeness (QED) is 0.108. The predicted octanol–water partition coefficient (Wildman–Crippen LogP) is 10.7. The summed E-state index contributed by atoms with van der Waals surface area (Å²) in [5.41, 5.74) is 0. The number of carbonyl (C=O) groups is 2. The van der Waals surface area contributed by atoms with Gasteiger partial charge in [-0.05, 0) is 19.3 Å². The zero-order valence-corrected chi connectivity index (χ0v) is 22.9. The zero-order valence-electron chi connectivity index (χ0n) is 22.9. The zero-order chi connectivity index (χ0) is 24.2. The minimum atomic E-state index is 0.369. The Morgan fingerprint density at radius 3 is 0.788 bits per heavy atom. The lowest BCUT2D eigenvalue weighted by Crippen LogP contribution is -2.02. The van der Waals surface area contributed by atoms with E-state index in [1.165, 1.54) is 128 Å². The first-order valence-electron chi connectivity index (χ1n) is 15.2. The van der Waals surface area contributed by atoms with Crippen LogP contribution in [0.2, 0.25) is 0 Å². The number of hydrogen-bond acceptors (Lipinski definition) is 2. The summed E-state index contributed by atoms with van der Waals surface area (Å²) in [5.74, 6) is 0.738. The lowest BCUT2D eigenvalue weighted by atomic mass is 10.0. The number of hydrogen-bond donors (Lipinski definition) is 0. The topological polar surface area (TPSA) is 34.1 Å². The van der Waals surface area contributed by atoms with E-state index in [1.807, 2.05) is 0 Å². The number of ketones is 2. The summed E-state index contributed by atoms with van der Waals surface area (Å²) in [7, 11) is 0. The maximum atomic E-state index is 12.0. The van der Waals surface area contributed by atoms with Crippen LogP contribution in [0.1, 0.15) is 187 Å². The largest absolute Gasteiger partial charge is 0.300 e. The van der Waals surface area contributed by atoms with Crippen LogP contribution < -0.4 is 0 Å². The van der Waals surface area contributed by atoms with Gasteiger partial charge in [-0.3, -0.25) is 9.59 Å². The molecule has 0 amide bonds. The minimum Gasteiger partial charge on any atom is -0.300 e. The molecule has 0 aromatic heterocycles. The summed E-state index contributed by atoms with van der Waals surface area (Å²) in [6, 6.07) is 0. The molecule has 0 saturated carbocycles. The van der Waals surface area contributed by atoms with Crippen LogP contribution in [0, 0.1) is 0 Å². The van der Waals surface area contributed by atoms with E-state index < -0.39 is 0 Å². The van der Waals surface area contributed by atoms with Crippen molar-refractivity contribution in [3.63, 3.8) is 0 Å². The maximum Gasteiger partial charge on any atom is 0.132 e. The molecule has 0 radical (unpaired) electrons. The second-order valence-electron chi connectivity index (χ2n) is 10.5. The van der Waals surface area contributed by atoms with Crippen molar-refractivity contribution in [2.75, 3.05) is 0 Å². The molecule has 2 nitrogen and oxygen atoms in total. The number of Topliss-reactive ketones (excluding diaryl/α,β-unsaturated/α-hetero) is 2. The second-order valence-corrected chi connectivity index (χ2v) is 10.5. The lowest BCUT2D eigenvalue weighted by Gasteiger charge is -2.04. The third-order valence-corrected chi connectivity index (χ3v) is 7.03. The van der Waals surface area contributed by atoms with Gasteiger partial charge in [0.15, 0.2) is 0 Å². The van der Waals surface area contributed by atoms with Crippen molar-refractivity contribution in [3.8, 4) is 0 Å². The summed E-state index contributed by atoms with van der Waals surface area (Å²) in [4.78, 5) is 24.1. The van der Waals surface area contributed by atoms with Gasteiger partial charge in [0.1, 0.15) is 11.6 Å². The van der Waals surface area contributed by atoms with Crippen molar-refractivity contribution in [1.29, 1.82) is 0 Å². The number of unbranched alkanes of at least 4 members (excludes halogenated alkanes) is 20. The predicted molar refractivity (Wildman–Crippen MR) is 146 cm³/mol. The Hall–Kier alpha value is -0.660. The summed E-state index contributed by atoms with van der Waals surface area (Å²) >= 11 is 0. The fraction of sp³-hybridized carbons (Fsp3) is 0.935. The van der Waals surface area contributed by atoms with Crippen molar-refractivity contribution < 1.29 is 9.59 Å². The molecule has 0 rings (SSSR count). The second kappa shape index (κ2) is 27.6. The van der Waals surface area contributed by atoms with E-state index in [1.54, 1.807) is 0 Å². The Kier molecular flexibility index (Phi) is 27.0. The van der Waals surface area contributed by atoms with Gasteiger partial charge in [0, 0.05) is 25.7 Å². The van der Waals surface area contributed by atoms with Gasteiger partial charge < -0.3 is 0 Å². The molecular formula is C31H60O2. The van der Waals surface area contributed by atoms with Crippen molar-refractivity contribution in [2.24, 2.45) is 0 Å². The monoisotopic (exact) mass is 464 g/mol. The smallest absolute Gasteiger partial charge is 0.132 e. The molecule has 0 atom stereocenters. The SMILES string of the molecule is CCCCCCCCCCCCCC(=O)CCCC(=O)CCCCCCCCCCCCC. The van der Waals surface area contributed by atoms with Crippen LogP contribution in [0.5, 0.6) is 0 Å². The molecule has 0 aromatic carbocycles. The Morgan fingerprint density at radius 2 is 0.515 bits per heavy atom. The van der Waals surface area contributed by atoms with Gasteiger partial charge in [-0.2, -0.15) is 0 Å². The molecule has 0 aliphatic rings. The molecule has 0 bridgehead atoms. The van der Waals surface area contributed by atoms with Crippen LogP contribution in [0.3, 0.4) is 0 Å². The lowest BCUT2D eigenvalue weighted by molar-refractivity contribution is -0.120. The van der Waals surface area contributed by atoms with Crippen LogP contribution in [0.15, 0.2) is 0 Å². The summed E-state index contributed by atoms with van der Waals surface area (Å²) in [6.07, 6.45) is 32.5. The third-order valence-electron chi connectivity index (χ3n) is 7.03. The minimum absolute atomic E-state index is 0.369. The molecule has 0 heterocycles. The Morgan fingerprint density at radius 1 is 0.303 bits per heavy atom. The first kappa shape index (κ1) is 32.3. The molecule has 0 aliphatic carbocycles. The summed E-state index contributed by atoms with van der Waals surface area (Å²) in [5, 5.41) is 0. The highest BCUT2D eigenvalue weighted by Gasteiger charge is 2.06. The van der Waals surface area contributed by atoms with E-state index >= 15 is 0 Å². The Bertz CT molecular complexity index is 377. The first-order valence-corrected chi connectivity index (χ1v) is 15.2. The molecule has 33 heavy (non-hydrogen) atoms. The Labute approximate surface area is 208 Å². The standard InChI is InChI=1S/C31H60O2/c1-3-5-7-9-11-13-15-17-19-21-23-26-30(32)28-25-29-31(33)27-24-22-20-18-16-14-12-10-8-6-4-2/h3-29H2,1-2H3. The van der Waals surface area contributed by atoms with Gasteiger partial charge in [0.05, 0.1) is 0 Å². The highest BCUT2D eigenvalue weighted by Crippen LogP contribution is 2.14. The van der Waals surface area contributed by atoms with Gasteiger partial charge in [-0.1, -0.05) is 142 Å². The van der Waals surface area contributed by atoms with Gasteiger partial charge in [-0.15, -0.1) is 0 Å². The average molecular weight is 465 g/mol. The highest BCUT2D eigenvalue weighted by atomic mass is 16.1. The van der Waals surface area contributed by atoms with E-state index in [9.17, 15) is 9.59 Å². The van der Waals surface area contributed by atoms with Crippen LogP contribution in [-0.2, 0) is 9.59 Å². The van der Waals surface area contributed by atoms with Crippen molar-refractivity contribution in [2.45, 2.75) is 187 Å². The van der Waals surface area contributed by atoms with Crippen LogP contribution in [-0.4, -0.2) is 11.6 Å². The van der Waals surface area contributed by atoms with Gasteiger partial charge >= 0.3 is 0 Å². The molecule has 0 saturated heterocycles. The van der Waals surface area contributed by atoms with Gasteiger partial charge in [-0.25, -0.2) is 0 Å². The number of carbonyl (C=O) groups excluding carboxylic acids is 2. The van der Waals surface area contributed by atoms with Crippen LogP contribution in [0.4, 0.5) is 0 Å². The van der Waals surface area contributed by atoms with Gasteiger partial charge in [0.25, 0.3) is 0 Å².